The summed E-state index contributed by atoms with van der Waals surface area (Å²) in [6.45, 7) is -0.831. The summed E-state index contributed by atoms with van der Waals surface area (Å²) >= 11 is 0. The summed E-state index contributed by atoms with van der Waals surface area (Å²) < 4.78 is 62.4. The zero-order valence-electron chi connectivity index (χ0n) is 25.6. The monoisotopic (exact) mass is 666 g/mol. The Labute approximate surface area is 272 Å². The van der Waals surface area contributed by atoms with Gasteiger partial charge in [-0.1, -0.05) is 24.3 Å². The fourth-order valence-electron chi connectivity index (χ4n) is 5.31. The third-order valence-corrected chi connectivity index (χ3v) is 8.52. The Morgan fingerprint density at radius 2 is 1.04 bits per heavy atom. The number of aromatic nitrogens is 4. The van der Waals surface area contributed by atoms with Crippen LogP contribution in [0.2, 0.25) is 0 Å². The lowest BCUT2D eigenvalue weighted by molar-refractivity contribution is -0.173. The summed E-state index contributed by atoms with van der Waals surface area (Å²) in [5, 5.41) is 1.51. The number of hydrogen-bond donors (Lipinski definition) is 2. The van der Waals surface area contributed by atoms with Crippen molar-refractivity contribution in [3.05, 3.63) is 119 Å². The predicted octanol–water partition coefficient (Wildman–Crippen LogP) is 4.78. The SMILES string of the molecule is NCC(=O)c1cnc(CC2(c3ccc(F)cc3)CC2)nc1.O=C(CNC(=O)C(F)(F)F)c1cnc(CC2(c3ccc(F)cc3)CC2)nc1. The van der Waals surface area contributed by atoms with Crippen LogP contribution in [0.4, 0.5) is 22.0 Å². The molecule has 9 nitrogen and oxygen atoms in total. The Morgan fingerprint density at radius 3 is 1.38 bits per heavy atom. The quantitative estimate of drug-likeness (QED) is 0.172. The van der Waals surface area contributed by atoms with Gasteiger partial charge in [0.25, 0.3) is 0 Å². The van der Waals surface area contributed by atoms with Crippen LogP contribution in [-0.2, 0) is 28.5 Å². The van der Waals surface area contributed by atoms with E-state index >= 15 is 0 Å². The average Bonchev–Trinajstić information content (AvgIpc) is 4.02. The first-order valence-electron chi connectivity index (χ1n) is 15.1. The lowest BCUT2D eigenvalue weighted by atomic mass is 9.92. The molecule has 14 heteroatoms. The van der Waals surface area contributed by atoms with Gasteiger partial charge in [-0.05, 0) is 61.1 Å². The molecule has 6 rings (SSSR count). The number of nitrogens with one attached hydrogen (secondary N) is 1. The highest BCUT2D eigenvalue weighted by Gasteiger charge is 2.45. The van der Waals surface area contributed by atoms with Crippen molar-refractivity contribution in [1.29, 1.82) is 0 Å². The number of Topliss-reactive ketones (excluding diaryl/α,β-unsaturated/α-hetero) is 2. The van der Waals surface area contributed by atoms with Gasteiger partial charge >= 0.3 is 12.1 Å². The Hall–Kier alpha value is -4.98. The summed E-state index contributed by atoms with van der Waals surface area (Å²) in [5.41, 5.74) is 7.73. The van der Waals surface area contributed by atoms with E-state index in [0.29, 0.717) is 30.1 Å². The van der Waals surface area contributed by atoms with Crippen LogP contribution in [0.1, 0.15) is 69.2 Å². The molecule has 250 valence electrons. The number of nitrogens with zero attached hydrogens (tertiary/aromatic N) is 4. The average molecular weight is 667 g/mol. The molecule has 2 aliphatic rings. The van der Waals surface area contributed by atoms with Gasteiger partial charge in [-0.25, -0.2) is 28.7 Å². The molecule has 0 radical (unpaired) electrons. The fraction of sp³-hybridized carbons (Fsp3) is 0.324. The Balaban J connectivity index is 0.000000194. The van der Waals surface area contributed by atoms with Gasteiger partial charge in [0.2, 0.25) is 0 Å². The largest absolute Gasteiger partial charge is 0.471 e. The molecule has 0 saturated heterocycles. The molecule has 2 aromatic heterocycles. The van der Waals surface area contributed by atoms with E-state index in [1.54, 1.807) is 12.1 Å². The molecule has 2 aliphatic carbocycles. The van der Waals surface area contributed by atoms with E-state index in [2.05, 4.69) is 19.9 Å². The molecule has 4 aromatic rings. The van der Waals surface area contributed by atoms with Crippen molar-refractivity contribution in [2.24, 2.45) is 5.73 Å². The van der Waals surface area contributed by atoms with E-state index in [0.717, 1.165) is 36.8 Å². The molecule has 2 heterocycles. The minimum absolute atomic E-state index is 0.00727. The van der Waals surface area contributed by atoms with Crippen molar-refractivity contribution in [3.63, 3.8) is 0 Å². The van der Waals surface area contributed by atoms with Crippen LogP contribution < -0.4 is 11.1 Å². The molecule has 1 amide bonds. The Morgan fingerprint density at radius 1 is 0.667 bits per heavy atom. The topological polar surface area (TPSA) is 141 Å². The zero-order valence-corrected chi connectivity index (χ0v) is 25.6. The number of hydrogen-bond acceptors (Lipinski definition) is 8. The van der Waals surface area contributed by atoms with Crippen LogP contribution in [0.15, 0.2) is 73.3 Å². The number of carbonyl (C=O) groups excluding carboxylic acids is 3. The van der Waals surface area contributed by atoms with Crippen LogP contribution in [0.5, 0.6) is 0 Å². The lowest BCUT2D eigenvalue weighted by Crippen LogP contribution is -2.39. The van der Waals surface area contributed by atoms with E-state index in [1.807, 2.05) is 12.1 Å². The molecular formula is C34H31F5N6O3. The normalized spacial score (nSPS) is 15.5. The first-order chi connectivity index (χ1) is 22.8. The van der Waals surface area contributed by atoms with Crippen LogP contribution in [0.25, 0.3) is 0 Å². The predicted molar refractivity (Wildman–Crippen MR) is 163 cm³/mol. The number of halogens is 5. The molecule has 2 saturated carbocycles. The van der Waals surface area contributed by atoms with E-state index in [4.69, 9.17) is 5.73 Å². The third-order valence-electron chi connectivity index (χ3n) is 8.52. The highest BCUT2D eigenvalue weighted by atomic mass is 19.4. The highest BCUT2D eigenvalue weighted by molar-refractivity contribution is 5.99. The van der Waals surface area contributed by atoms with E-state index in [-0.39, 0.29) is 40.4 Å². The van der Waals surface area contributed by atoms with Crippen molar-refractivity contribution >= 4 is 17.5 Å². The molecule has 0 spiro atoms. The van der Waals surface area contributed by atoms with Crippen LogP contribution in [0.3, 0.4) is 0 Å². The second-order valence-electron chi connectivity index (χ2n) is 11.9. The van der Waals surface area contributed by atoms with E-state index in [9.17, 15) is 36.3 Å². The van der Waals surface area contributed by atoms with E-state index < -0.39 is 24.4 Å². The molecule has 48 heavy (non-hydrogen) atoms. The molecular weight excluding hydrogens is 635 g/mol. The van der Waals surface area contributed by atoms with Gasteiger partial charge in [-0.2, -0.15) is 13.2 Å². The van der Waals surface area contributed by atoms with Gasteiger partial charge in [0, 0.05) is 48.5 Å². The highest BCUT2D eigenvalue weighted by Crippen LogP contribution is 2.51. The molecule has 0 atom stereocenters. The van der Waals surface area contributed by atoms with Crippen LogP contribution in [-0.4, -0.2) is 56.7 Å². The van der Waals surface area contributed by atoms with Gasteiger partial charge in [0.05, 0.1) is 24.2 Å². The lowest BCUT2D eigenvalue weighted by Gasteiger charge is -2.14. The number of rotatable bonds is 11. The molecule has 0 unspecified atom stereocenters. The maximum absolute atomic E-state index is 13.1. The maximum atomic E-state index is 13.1. The summed E-state index contributed by atoms with van der Waals surface area (Å²) in [5.74, 6) is -2.43. The number of carbonyl (C=O) groups is 3. The summed E-state index contributed by atoms with van der Waals surface area (Å²) in [6, 6.07) is 12.9. The minimum atomic E-state index is -5.04. The van der Waals surface area contributed by atoms with Crippen molar-refractivity contribution < 1.29 is 36.3 Å². The van der Waals surface area contributed by atoms with Gasteiger partial charge < -0.3 is 11.1 Å². The first-order valence-corrected chi connectivity index (χ1v) is 15.1. The molecule has 2 aromatic carbocycles. The standard InChI is InChI=1S/C18H15F4N3O2.C16H16FN3O/c19-13-3-1-12(2-4-13)17(5-6-17)7-15-23-8-11(9-24-15)14(26)10-25-16(27)18(20,21)22;17-13-3-1-12(2-4-13)16(5-6-16)7-15-19-9-11(10-20-15)14(21)8-18/h1-4,8-9H,5-7,10H2,(H,25,27);1-4,9-10H,5-8,18H2. The van der Waals surface area contributed by atoms with Gasteiger partial charge in [-0.3, -0.25) is 14.4 Å². The molecule has 2 fully saturated rings. The smallest absolute Gasteiger partial charge is 0.341 e. The number of nitrogens with two attached hydrogens (primary N) is 1. The van der Waals surface area contributed by atoms with Gasteiger partial charge in [0.15, 0.2) is 11.6 Å². The van der Waals surface area contributed by atoms with Crippen molar-refractivity contribution in [2.45, 2.75) is 55.5 Å². The van der Waals surface area contributed by atoms with Crippen LogP contribution >= 0.6 is 0 Å². The fourth-order valence-corrected chi connectivity index (χ4v) is 5.31. The van der Waals surface area contributed by atoms with Crippen LogP contribution in [0, 0.1) is 11.6 Å². The van der Waals surface area contributed by atoms with Gasteiger partial charge in [0.1, 0.15) is 23.3 Å². The zero-order chi connectivity index (χ0) is 34.5. The summed E-state index contributed by atoms with van der Waals surface area (Å²) in [4.78, 5) is 50.7. The van der Waals surface area contributed by atoms with Crippen molar-refractivity contribution in [1.82, 2.24) is 25.3 Å². The molecule has 3 N–H and O–H groups in total. The third kappa shape index (κ3) is 8.48. The molecule has 0 bridgehead atoms. The Bertz CT molecular complexity index is 1760. The van der Waals surface area contributed by atoms with Crippen molar-refractivity contribution in [3.8, 4) is 0 Å². The first kappa shape index (κ1) is 34.4. The van der Waals surface area contributed by atoms with Crippen molar-refractivity contribution in [2.75, 3.05) is 13.1 Å². The number of amides is 1. The van der Waals surface area contributed by atoms with E-state index in [1.165, 1.54) is 54.4 Å². The second-order valence-corrected chi connectivity index (χ2v) is 11.9. The second kappa shape index (κ2) is 14.0. The summed E-state index contributed by atoms with van der Waals surface area (Å²) in [7, 11) is 0. The minimum Gasteiger partial charge on any atom is -0.341 e. The molecule has 0 aliphatic heterocycles. The number of ketones is 2. The van der Waals surface area contributed by atoms with Gasteiger partial charge in [-0.15, -0.1) is 0 Å². The number of benzene rings is 2. The number of alkyl halides is 3. The maximum Gasteiger partial charge on any atom is 0.471 e. The Kier molecular flexibility index (Phi) is 10.0. The summed E-state index contributed by atoms with van der Waals surface area (Å²) in [6.07, 6.45) is 5.59.